The van der Waals surface area contributed by atoms with Crippen LogP contribution < -0.4 is 5.32 Å². The summed E-state index contributed by atoms with van der Waals surface area (Å²) in [6.45, 7) is 3.54. The highest BCUT2D eigenvalue weighted by Crippen LogP contribution is 2.37. The van der Waals surface area contributed by atoms with Gasteiger partial charge in [0.2, 0.25) is 0 Å². The van der Waals surface area contributed by atoms with Gasteiger partial charge in [-0.2, -0.15) is 0 Å². The Morgan fingerprint density at radius 1 is 1.19 bits per heavy atom. The fraction of sp³-hybridized carbons (Fsp3) is 0.867. The number of hydrogen-bond acceptors (Lipinski definition) is 1. The molecule has 0 aromatic rings. The zero-order chi connectivity index (χ0) is 11.4. The van der Waals surface area contributed by atoms with E-state index in [0.29, 0.717) is 0 Å². The molecule has 3 atom stereocenters. The number of nitrogens with one attached hydrogen (secondary N) is 1. The summed E-state index contributed by atoms with van der Waals surface area (Å²) in [5, 5.41) is 3.68. The van der Waals surface area contributed by atoms with Crippen molar-refractivity contribution in [2.75, 3.05) is 6.54 Å². The van der Waals surface area contributed by atoms with Crippen molar-refractivity contribution in [2.45, 2.75) is 57.9 Å². The highest BCUT2D eigenvalue weighted by molar-refractivity contribution is 4.93. The zero-order valence-electron chi connectivity index (χ0n) is 10.5. The minimum atomic E-state index is 0.787. The Morgan fingerprint density at radius 2 is 2.00 bits per heavy atom. The smallest absolute Gasteiger partial charge is 0.0118 e. The molecule has 0 bridgehead atoms. The predicted octanol–water partition coefficient (Wildman–Crippen LogP) is 3.20. The van der Waals surface area contributed by atoms with Crippen LogP contribution in [0.15, 0.2) is 0 Å². The van der Waals surface area contributed by atoms with Gasteiger partial charge in [0.25, 0.3) is 0 Å². The molecule has 2 fully saturated rings. The molecule has 1 N–H and O–H groups in total. The van der Waals surface area contributed by atoms with Crippen LogP contribution in [-0.2, 0) is 0 Å². The summed E-state index contributed by atoms with van der Waals surface area (Å²) in [7, 11) is 0. The molecule has 90 valence electrons. The lowest BCUT2D eigenvalue weighted by atomic mass is 9.72. The van der Waals surface area contributed by atoms with Crippen molar-refractivity contribution in [1.82, 2.24) is 5.32 Å². The molecule has 1 nitrogen and oxygen atoms in total. The summed E-state index contributed by atoms with van der Waals surface area (Å²) < 4.78 is 0. The van der Waals surface area contributed by atoms with Crippen molar-refractivity contribution in [1.29, 1.82) is 0 Å². The number of terminal acetylenes is 1. The Labute approximate surface area is 100 Å². The van der Waals surface area contributed by atoms with Gasteiger partial charge >= 0.3 is 0 Å². The summed E-state index contributed by atoms with van der Waals surface area (Å²) in [6.07, 6.45) is 14.8. The van der Waals surface area contributed by atoms with E-state index in [-0.39, 0.29) is 0 Å². The van der Waals surface area contributed by atoms with Gasteiger partial charge in [0.15, 0.2) is 0 Å². The largest absolute Gasteiger partial charge is 0.314 e. The quantitative estimate of drug-likeness (QED) is 0.700. The third kappa shape index (κ3) is 3.25. The van der Waals surface area contributed by atoms with Gasteiger partial charge in [-0.15, -0.1) is 12.3 Å². The summed E-state index contributed by atoms with van der Waals surface area (Å²) >= 11 is 0. The molecular formula is C15H25N. The van der Waals surface area contributed by atoms with Gasteiger partial charge in [0.05, 0.1) is 0 Å². The van der Waals surface area contributed by atoms with E-state index in [1.807, 2.05) is 0 Å². The molecule has 0 heterocycles. The predicted molar refractivity (Wildman–Crippen MR) is 69.1 cm³/mol. The van der Waals surface area contributed by atoms with Gasteiger partial charge in [-0.05, 0) is 50.0 Å². The van der Waals surface area contributed by atoms with Crippen LogP contribution >= 0.6 is 0 Å². The molecule has 0 aliphatic heterocycles. The van der Waals surface area contributed by atoms with Gasteiger partial charge in [0, 0.05) is 12.5 Å². The van der Waals surface area contributed by atoms with Crippen LogP contribution in [-0.4, -0.2) is 12.6 Å². The topological polar surface area (TPSA) is 12.0 Å². The maximum absolute atomic E-state index is 5.51. The Hall–Kier alpha value is -0.480. The molecule has 0 spiro atoms. The number of hydrogen-bond donors (Lipinski definition) is 1. The fourth-order valence-electron chi connectivity index (χ4n) is 3.07. The maximum Gasteiger partial charge on any atom is 0.0118 e. The van der Waals surface area contributed by atoms with E-state index < -0.39 is 0 Å². The van der Waals surface area contributed by atoms with E-state index in [1.54, 1.807) is 0 Å². The molecule has 1 heteroatoms. The van der Waals surface area contributed by atoms with Crippen LogP contribution in [0.1, 0.15) is 51.9 Å². The lowest BCUT2D eigenvalue weighted by molar-refractivity contribution is 0.175. The average molecular weight is 219 g/mol. The minimum Gasteiger partial charge on any atom is -0.314 e. The summed E-state index contributed by atoms with van der Waals surface area (Å²) in [5.41, 5.74) is 0. The normalized spacial score (nSPS) is 34.6. The van der Waals surface area contributed by atoms with Crippen LogP contribution in [0.2, 0.25) is 0 Å². The van der Waals surface area contributed by atoms with Crippen molar-refractivity contribution in [3.63, 3.8) is 0 Å². The molecule has 16 heavy (non-hydrogen) atoms. The third-order valence-corrected chi connectivity index (χ3v) is 4.45. The second-order valence-electron chi connectivity index (χ2n) is 5.70. The van der Waals surface area contributed by atoms with Crippen molar-refractivity contribution < 1.29 is 0 Å². The SMILES string of the molecule is C#CCC1CC(CC)CCC1CNC1CC1. The van der Waals surface area contributed by atoms with Crippen LogP contribution in [0, 0.1) is 30.1 Å². The molecule has 2 saturated carbocycles. The highest BCUT2D eigenvalue weighted by Gasteiger charge is 2.30. The van der Waals surface area contributed by atoms with Crippen LogP contribution in [0.4, 0.5) is 0 Å². The van der Waals surface area contributed by atoms with Crippen molar-refractivity contribution in [3.05, 3.63) is 0 Å². The summed E-state index contributed by atoms with van der Waals surface area (Å²) in [4.78, 5) is 0. The standard InChI is InChI=1S/C15H25N/c1-3-5-13-10-12(4-2)6-7-14(13)11-16-15-8-9-15/h1,12-16H,4-11H2,2H3. The van der Waals surface area contributed by atoms with E-state index >= 15 is 0 Å². The molecule has 2 aliphatic carbocycles. The zero-order valence-corrected chi connectivity index (χ0v) is 10.5. The van der Waals surface area contributed by atoms with E-state index in [2.05, 4.69) is 18.2 Å². The first-order chi connectivity index (χ1) is 7.83. The molecule has 2 aliphatic rings. The minimum absolute atomic E-state index is 0.787. The van der Waals surface area contributed by atoms with E-state index in [4.69, 9.17) is 6.42 Å². The first kappa shape index (κ1) is 12.0. The first-order valence-electron chi connectivity index (χ1n) is 7.00. The highest BCUT2D eigenvalue weighted by atomic mass is 14.9. The molecule has 0 amide bonds. The van der Waals surface area contributed by atoms with Crippen molar-refractivity contribution in [2.24, 2.45) is 17.8 Å². The van der Waals surface area contributed by atoms with Crippen molar-refractivity contribution in [3.8, 4) is 12.3 Å². The lowest BCUT2D eigenvalue weighted by Gasteiger charge is -2.35. The monoisotopic (exact) mass is 219 g/mol. The van der Waals surface area contributed by atoms with Crippen molar-refractivity contribution >= 4 is 0 Å². The fourth-order valence-corrected chi connectivity index (χ4v) is 3.07. The van der Waals surface area contributed by atoms with Crippen LogP contribution in [0.25, 0.3) is 0 Å². The molecule has 3 unspecified atom stereocenters. The third-order valence-electron chi connectivity index (χ3n) is 4.45. The van der Waals surface area contributed by atoms with Crippen LogP contribution in [0.3, 0.4) is 0 Å². The Balaban J connectivity index is 1.81. The lowest BCUT2D eigenvalue weighted by Crippen LogP contribution is -2.33. The van der Waals surface area contributed by atoms with Gasteiger partial charge < -0.3 is 5.32 Å². The van der Waals surface area contributed by atoms with E-state index in [0.717, 1.165) is 30.2 Å². The molecule has 0 saturated heterocycles. The van der Waals surface area contributed by atoms with Crippen LogP contribution in [0.5, 0.6) is 0 Å². The Morgan fingerprint density at radius 3 is 2.62 bits per heavy atom. The summed E-state index contributed by atoms with van der Waals surface area (Å²) in [5.74, 6) is 5.46. The van der Waals surface area contributed by atoms with E-state index in [1.165, 1.54) is 45.1 Å². The molecule has 0 radical (unpaired) electrons. The van der Waals surface area contributed by atoms with E-state index in [9.17, 15) is 0 Å². The Kier molecular flexibility index (Phi) is 4.29. The second kappa shape index (κ2) is 5.73. The number of rotatable bonds is 5. The maximum atomic E-state index is 5.51. The second-order valence-corrected chi connectivity index (χ2v) is 5.70. The molecule has 0 aromatic carbocycles. The molecule has 0 aromatic heterocycles. The summed E-state index contributed by atoms with van der Waals surface area (Å²) in [6, 6.07) is 0.843. The van der Waals surface area contributed by atoms with Gasteiger partial charge in [-0.25, -0.2) is 0 Å². The molecular weight excluding hydrogens is 194 g/mol. The first-order valence-corrected chi connectivity index (χ1v) is 7.00. The average Bonchev–Trinajstić information content (AvgIpc) is 3.11. The Bertz CT molecular complexity index is 249. The van der Waals surface area contributed by atoms with Gasteiger partial charge in [-0.3, -0.25) is 0 Å². The van der Waals surface area contributed by atoms with Gasteiger partial charge in [0.1, 0.15) is 0 Å². The van der Waals surface area contributed by atoms with Gasteiger partial charge in [-0.1, -0.05) is 19.8 Å². The molecule has 2 rings (SSSR count).